The Balaban J connectivity index is 1.36. The highest BCUT2D eigenvalue weighted by atomic mass is 32.2. The van der Waals surface area contributed by atoms with E-state index in [1.54, 1.807) is 25.6 Å². The maximum absolute atomic E-state index is 12.5. The molecule has 0 radical (unpaired) electrons. The minimum absolute atomic E-state index is 0.0441. The number of hydrogen-bond acceptors (Lipinski definition) is 7. The zero-order valence-corrected chi connectivity index (χ0v) is 20.7. The second kappa shape index (κ2) is 11.7. The fourth-order valence-corrected chi connectivity index (χ4v) is 4.94. The number of carbonyl (C=O) groups is 1. The van der Waals surface area contributed by atoms with Gasteiger partial charge in [0.05, 0.1) is 31.4 Å². The lowest BCUT2D eigenvalue weighted by atomic mass is 10.1. The molecule has 0 aliphatic rings. The van der Waals surface area contributed by atoms with Crippen LogP contribution >= 0.6 is 23.1 Å². The third-order valence-electron chi connectivity index (χ3n) is 5.16. The second-order valence-electron chi connectivity index (χ2n) is 7.43. The van der Waals surface area contributed by atoms with Crippen LogP contribution in [0.5, 0.6) is 11.5 Å². The number of rotatable bonds is 11. The zero-order chi connectivity index (χ0) is 23.8. The predicted octanol–water partition coefficient (Wildman–Crippen LogP) is 4.52. The summed E-state index contributed by atoms with van der Waals surface area (Å²) >= 11 is 3.02. The third kappa shape index (κ3) is 5.98. The first-order chi connectivity index (χ1) is 16.7. The number of hydrogen-bond donors (Lipinski definition) is 1. The van der Waals surface area contributed by atoms with Crippen molar-refractivity contribution in [3.8, 4) is 22.2 Å². The normalized spacial score (nSPS) is 10.8. The van der Waals surface area contributed by atoms with Gasteiger partial charge in [0.1, 0.15) is 0 Å². The first-order valence-electron chi connectivity index (χ1n) is 10.8. The average Bonchev–Trinajstić information content (AvgIpc) is 3.53. The highest BCUT2D eigenvalue weighted by molar-refractivity contribution is 7.99. The largest absolute Gasteiger partial charge is 0.493 e. The topological polar surface area (TPSA) is 78.3 Å². The molecule has 0 bridgehead atoms. The maximum Gasteiger partial charge on any atom is 0.230 e. The smallest absolute Gasteiger partial charge is 0.230 e. The summed E-state index contributed by atoms with van der Waals surface area (Å²) in [7, 11) is 3.22. The van der Waals surface area contributed by atoms with Gasteiger partial charge < -0.3 is 14.8 Å². The van der Waals surface area contributed by atoms with Crippen molar-refractivity contribution in [3.63, 3.8) is 0 Å². The molecule has 4 aromatic rings. The van der Waals surface area contributed by atoms with E-state index in [1.165, 1.54) is 11.8 Å². The molecule has 0 unspecified atom stereocenters. The monoisotopic (exact) mass is 494 g/mol. The van der Waals surface area contributed by atoms with Crippen molar-refractivity contribution in [1.82, 2.24) is 20.1 Å². The predicted molar refractivity (Wildman–Crippen MR) is 136 cm³/mol. The zero-order valence-electron chi connectivity index (χ0n) is 19.1. The Labute approximate surface area is 207 Å². The van der Waals surface area contributed by atoms with Gasteiger partial charge in [-0.1, -0.05) is 54.2 Å². The van der Waals surface area contributed by atoms with Crippen LogP contribution in [-0.4, -0.2) is 47.2 Å². The average molecular weight is 495 g/mol. The van der Waals surface area contributed by atoms with Crippen LogP contribution in [0.3, 0.4) is 0 Å². The van der Waals surface area contributed by atoms with Crippen molar-refractivity contribution in [2.45, 2.75) is 18.1 Å². The van der Waals surface area contributed by atoms with Crippen LogP contribution in [0.4, 0.5) is 0 Å². The highest BCUT2D eigenvalue weighted by Gasteiger charge is 2.17. The number of ether oxygens (including phenoxy) is 2. The summed E-state index contributed by atoms with van der Waals surface area (Å²) in [5, 5.41) is 14.5. The Bertz CT molecular complexity index is 1210. The fraction of sp³-hybridized carbons (Fsp3) is 0.240. The quantitative estimate of drug-likeness (QED) is 0.309. The Hall–Kier alpha value is -3.30. The van der Waals surface area contributed by atoms with E-state index in [9.17, 15) is 4.79 Å². The number of nitrogens with zero attached hydrogens (tertiary/aromatic N) is 3. The van der Waals surface area contributed by atoms with E-state index in [2.05, 4.69) is 32.2 Å². The van der Waals surface area contributed by atoms with Gasteiger partial charge >= 0.3 is 0 Å². The van der Waals surface area contributed by atoms with Crippen LogP contribution in [0.15, 0.2) is 71.2 Å². The minimum Gasteiger partial charge on any atom is -0.493 e. The van der Waals surface area contributed by atoms with Crippen molar-refractivity contribution in [2.75, 3.05) is 26.5 Å². The summed E-state index contributed by atoms with van der Waals surface area (Å²) in [5.74, 6) is 2.41. The number of amides is 1. The molecule has 0 aliphatic carbocycles. The lowest BCUT2D eigenvalue weighted by Gasteiger charge is -2.11. The van der Waals surface area contributed by atoms with Crippen molar-refractivity contribution in [2.24, 2.45) is 0 Å². The molecule has 0 fully saturated rings. The SMILES string of the molecule is COc1ccc(CCNC(=O)CSc2nnc(-c3cccs3)n2Cc2ccccc2)cc1OC. The minimum atomic E-state index is -0.0441. The van der Waals surface area contributed by atoms with Gasteiger partial charge in [-0.05, 0) is 41.1 Å². The molecule has 7 nitrogen and oxygen atoms in total. The Morgan fingerprint density at radius 1 is 1.00 bits per heavy atom. The third-order valence-corrected chi connectivity index (χ3v) is 6.99. The van der Waals surface area contributed by atoms with E-state index in [-0.39, 0.29) is 11.7 Å². The lowest BCUT2D eigenvalue weighted by Crippen LogP contribution is -2.27. The maximum atomic E-state index is 12.5. The molecule has 34 heavy (non-hydrogen) atoms. The van der Waals surface area contributed by atoms with Crippen LogP contribution in [0, 0.1) is 0 Å². The van der Waals surface area contributed by atoms with Crippen LogP contribution < -0.4 is 14.8 Å². The van der Waals surface area contributed by atoms with Gasteiger partial charge in [0.25, 0.3) is 0 Å². The number of methoxy groups -OCH3 is 2. The summed E-state index contributed by atoms with van der Waals surface area (Å²) in [6.07, 6.45) is 0.698. The van der Waals surface area contributed by atoms with Gasteiger partial charge in [-0.15, -0.1) is 21.5 Å². The second-order valence-corrected chi connectivity index (χ2v) is 9.32. The van der Waals surface area contributed by atoms with Crippen molar-refractivity contribution >= 4 is 29.0 Å². The number of benzene rings is 2. The molecule has 0 atom stereocenters. The summed E-state index contributed by atoms with van der Waals surface area (Å²) in [6.45, 7) is 1.18. The van der Waals surface area contributed by atoms with Gasteiger partial charge in [0, 0.05) is 6.54 Å². The first kappa shape index (κ1) is 23.8. The highest BCUT2D eigenvalue weighted by Crippen LogP contribution is 2.29. The molecule has 1 N–H and O–H groups in total. The molecule has 0 spiro atoms. The molecule has 2 aromatic carbocycles. The molecule has 0 saturated heterocycles. The van der Waals surface area contributed by atoms with E-state index in [4.69, 9.17) is 9.47 Å². The van der Waals surface area contributed by atoms with E-state index in [0.717, 1.165) is 27.0 Å². The number of aromatic nitrogens is 3. The van der Waals surface area contributed by atoms with Gasteiger partial charge in [0.2, 0.25) is 5.91 Å². The van der Waals surface area contributed by atoms with E-state index >= 15 is 0 Å². The first-order valence-corrected chi connectivity index (χ1v) is 12.7. The fourth-order valence-electron chi connectivity index (χ4n) is 3.46. The van der Waals surface area contributed by atoms with E-state index in [1.807, 2.05) is 53.9 Å². The molecular formula is C25H26N4O3S2. The number of thiophene rings is 1. The molecule has 4 rings (SSSR count). The summed E-state index contributed by atoms with van der Waals surface area (Å²) < 4.78 is 12.7. The van der Waals surface area contributed by atoms with Gasteiger partial charge in [-0.3, -0.25) is 9.36 Å². The standard InChI is InChI=1S/C25H26N4O3S2/c1-31-20-11-10-18(15-21(20)32-2)12-13-26-23(30)17-34-25-28-27-24(22-9-6-14-33-22)29(25)16-19-7-4-3-5-8-19/h3-11,14-15H,12-13,16-17H2,1-2H3,(H,26,30). The Morgan fingerprint density at radius 2 is 1.82 bits per heavy atom. The molecule has 2 heterocycles. The number of nitrogens with one attached hydrogen (secondary N) is 1. The van der Waals surface area contributed by atoms with Crippen molar-refractivity contribution in [3.05, 3.63) is 77.2 Å². The molecule has 0 saturated carbocycles. The van der Waals surface area contributed by atoms with Crippen LogP contribution in [0.25, 0.3) is 10.7 Å². The summed E-state index contributed by atoms with van der Waals surface area (Å²) in [5.41, 5.74) is 2.22. The molecule has 1 amide bonds. The molecule has 0 aliphatic heterocycles. The van der Waals surface area contributed by atoms with Gasteiger partial charge in [-0.25, -0.2) is 0 Å². The Kier molecular flexibility index (Phi) is 8.21. The number of thioether (sulfide) groups is 1. The van der Waals surface area contributed by atoms with E-state index in [0.29, 0.717) is 31.0 Å². The molecule has 2 aromatic heterocycles. The van der Waals surface area contributed by atoms with Gasteiger partial charge in [0.15, 0.2) is 22.5 Å². The van der Waals surface area contributed by atoms with Crippen molar-refractivity contribution < 1.29 is 14.3 Å². The lowest BCUT2D eigenvalue weighted by molar-refractivity contribution is -0.118. The van der Waals surface area contributed by atoms with Crippen LogP contribution in [0.1, 0.15) is 11.1 Å². The molecule has 176 valence electrons. The van der Waals surface area contributed by atoms with E-state index < -0.39 is 0 Å². The van der Waals surface area contributed by atoms with Gasteiger partial charge in [-0.2, -0.15) is 0 Å². The summed E-state index contributed by atoms with van der Waals surface area (Å²) in [4.78, 5) is 13.6. The van der Waals surface area contributed by atoms with Crippen molar-refractivity contribution in [1.29, 1.82) is 0 Å². The summed E-state index contributed by atoms with van der Waals surface area (Å²) in [6, 6.07) is 20.0. The molecule has 9 heteroatoms. The van der Waals surface area contributed by atoms with Crippen LogP contribution in [-0.2, 0) is 17.8 Å². The number of carbonyl (C=O) groups excluding carboxylic acids is 1. The molecular weight excluding hydrogens is 468 g/mol. The Morgan fingerprint density at radius 3 is 2.56 bits per heavy atom. The van der Waals surface area contributed by atoms with Crippen LogP contribution in [0.2, 0.25) is 0 Å².